The van der Waals surface area contributed by atoms with Crippen molar-refractivity contribution in [2.45, 2.75) is 45.2 Å². The van der Waals surface area contributed by atoms with Gasteiger partial charge in [0.15, 0.2) is 0 Å². The summed E-state index contributed by atoms with van der Waals surface area (Å²) in [5.74, 6) is 1.46. The Morgan fingerprint density at radius 1 is 0.957 bits per heavy atom. The third kappa shape index (κ3) is 7.82. The van der Waals surface area contributed by atoms with Gasteiger partial charge in [-0.25, -0.2) is 18.2 Å². The van der Waals surface area contributed by atoms with Crippen molar-refractivity contribution in [1.82, 2.24) is 24.7 Å². The first-order chi connectivity index (χ1) is 21.7. The normalized spacial score (nSPS) is 19.3. The summed E-state index contributed by atoms with van der Waals surface area (Å²) in [5, 5.41) is 1.18. The maximum Gasteiger partial charge on any atom is 0.326 e. The molecule has 0 saturated carbocycles. The molecule has 1 aromatic heterocycles. The number of aliphatic imine (C=N–C) groups is 1. The van der Waals surface area contributed by atoms with Crippen LogP contribution in [0.25, 0.3) is 0 Å². The van der Waals surface area contributed by atoms with E-state index in [9.17, 15) is 13.2 Å². The summed E-state index contributed by atoms with van der Waals surface area (Å²) < 4.78 is 29.6. The lowest BCUT2D eigenvalue weighted by Crippen LogP contribution is -2.54. The summed E-state index contributed by atoms with van der Waals surface area (Å²) in [6.07, 6.45) is 2.94. The van der Waals surface area contributed by atoms with Gasteiger partial charge in [0.25, 0.3) is 0 Å². The fraction of sp³-hybridized carbons (Fsp3) is 0.455. The number of carbonyl (C=O) groups excluding carboxylic acids is 1. The van der Waals surface area contributed by atoms with Crippen molar-refractivity contribution < 1.29 is 17.9 Å². The van der Waals surface area contributed by atoms with Crippen LogP contribution in [-0.2, 0) is 15.3 Å². The van der Waals surface area contributed by atoms with E-state index in [1.54, 1.807) is 16.0 Å². The van der Waals surface area contributed by atoms with Crippen LogP contribution in [0, 0.1) is 0 Å². The predicted molar refractivity (Wildman–Crippen MR) is 182 cm³/mol. The van der Waals surface area contributed by atoms with E-state index in [1.165, 1.54) is 6.26 Å². The van der Waals surface area contributed by atoms with Crippen molar-refractivity contribution in [3.8, 4) is 5.88 Å². The third-order valence-corrected chi connectivity index (χ3v) is 9.49. The minimum absolute atomic E-state index is 0.0794. The summed E-state index contributed by atoms with van der Waals surface area (Å²) in [6.45, 7) is 10.8. The van der Waals surface area contributed by atoms with E-state index in [4.69, 9.17) is 42.9 Å². The van der Waals surface area contributed by atoms with Crippen LogP contribution in [0.1, 0.15) is 62.3 Å². The van der Waals surface area contributed by atoms with Gasteiger partial charge in [-0.05, 0) is 42.3 Å². The van der Waals surface area contributed by atoms with E-state index in [0.717, 1.165) is 11.1 Å². The number of rotatable bonds is 8. The lowest BCUT2D eigenvalue weighted by molar-refractivity contribution is 0.122. The molecule has 5 rings (SSSR count). The Balaban J connectivity index is 1.60. The predicted octanol–water partition coefficient (Wildman–Crippen LogP) is 5.81. The highest BCUT2D eigenvalue weighted by Gasteiger charge is 2.45. The lowest BCUT2D eigenvalue weighted by atomic mass is 9.93. The Morgan fingerprint density at radius 2 is 1.54 bits per heavy atom. The fourth-order valence-electron chi connectivity index (χ4n) is 5.59. The first-order valence-electron chi connectivity index (χ1n) is 15.3. The SMILES string of the molecule is CCOc1nc(C(C)(C)C)ncc1C1=NC(c2ccc(Cl)cc2)C(c2ccc(Cl)cc2)N1C(=O)N1CCN(CCS(C)(=O)=O)CC1. The van der Waals surface area contributed by atoms with Crippen LogP contribution in [0.3, 0.4) is 0 Å². The summed E-state index contributed by atoms with van der Waals surface area (Å²) >= 11 is 12.6. The average molecular weight is 688 g/mol. The van der Waals surface area contributed by atoms with Gasteiger partial charge >= 0.3 is 6.03 Å². The number of hydrogen-bond donors (Lipinski definition) is 0. The molecule has 1 fully saturated rings. The Kier molecular flexibility index (Phi) is 10.3. The number of piperazine rings is 1. The van der Waals surface area contributed by atoms with Gasteiger partial charge in [-0.15, -0.1) is 0 Å². The monoisotopic (exact) mass is 686 g/mol. The smallest absolute Gasteiger partial charge is 0.326 e. The van der Waals surface area contributed by atoms with Crippen LogP contribution in [0.2, 0.25) is 10.0 Å². The molecular weight excluding hydrogens is 647 g/mol. The maximum atomic E-state index is 14.7. The number of benzene rings is 2. The van der Waals surface area contributed by atoms with Gasteiger partial charge in [-0.2, -0.15) is 4.98 Å². The minimum Gasteiger partial charge on any atom is -0.477 e. The number of urea groups is 1. The molecule has 0 N–H and O–H groups in total. The van der Waals surface area contributed by atoms with Crippen LogP contribution >= 0.6 is 23.2 Å². The van der Waals surface area contributed by atoms with Gasteiger partial charge in [-0.1, -0.05) is 68.2 Å². The van der Waals surface area contributed by atoms with Gasteiger partial charge in [0.05, 0.1) is 24.0 Å². The molecule has 0 spiro atoms. The number of amides is 2. The standard InChI is InChI=1S/C33H40Cl2N6O4S/c1-6-45-30-26(21-36-31(38-30)33(2,3)4)29-37-27(22-7-11-24(34)12-8-22)28(23-9-13-25(35)14-10-23)41(29)32(42)40-17-15-39(16-18-40)19-20-46(5,43)44/h7-14,21,27-28H,6,15-20H2,1-5H3. The molecule has 2 aromatic carbocycles. The van der Waals surface area contributed by atoms with Gasteiger partial charge in [0.1, 0.15) is 27.5 Å². The van der Waals surface area contributed by atoms with Gasteiger partial charge in [0, 0.05) is 60.6 Å². The first kappa shape index (κ1) is 34.1. The molecule has 1 saturated heterocycles. The van der Waals surface area contributed by atoms with Crippen molar-refractivity contribution in [1.29, 1.82) is 0 Å². The molecule has 10 nitrogen and oxygen atoms in total. The van der Waals surface area contributed by atoms with E-state index >= 15 is 0 Å². The molecule has 3 heterocycles. The molecule has 0 aliphatic carbocycles. The number of aromatic nitrogens is 2. The molecule has 2 atom stereocenters. The topological polar surface area (TPSA) is 108 Å². The van der Waals surface area contributed by atoms with Crippen molar-refractivity contribution in [3.63, 3.8) is 0 Å². The highest BCUT2D eigenvalue weighted by molar-refractivity contribution is 7.90. The second kappa shape index (κ2) is 13.9. The maximum absolute atomic E-state index is 14.7. The number of carbonyl (C=O) groups is 1. The van der Waals surface area contributed by atoms with Crippen LogP contribution in [0.4, 0.5) is 4.79 Å². The highest BCUT2D eigenvalue weighted by atomic mass is 35.5. The molecule has 2 unspecified atom stereocenters. The van der Waals surface area contributed by atoms with E-state index in [1.807, 2.05) is 76.2 Å². The second-order valence-corrected chi connectivity index (χ2v) is 15.8. The molecule has 3 aromatic rings. The number of ether oxygens (including phenoxy) is 1. The van der Waals surface area contributed by atoms with Crippen LogP contribution in [0.15, 0.2) is 59.7 Å². The number of sulfone groups is 1. The van der Waals surface area contributed by atoms with Crippen molar-refractivity contribution >= 4 is 44.9 Å². The zero-order valence-corrected chi connectivity index (χ0v) is 29.1. The number of hydrogen-bond acceptors (Lipinski definition) is 8. The third-order valence-electron chi connectivity index (χ3n) is 8.06. The molecule has 0 bridgehead atoms. The molecule has 0 radical (unpaired) electrons. The second-order valence-electron chi connectivity index (χ2n) is 12.7. The quantitative estimate of drug-likeness (QED) is 0.294. The van der Waals surface area contributed by atoms with Crippen LogP contribution < -0.4 is 4.74 Å². The summed E-state index contributed by atoms with van der Waals surface area (Å²) in [7, 11) is -3.09. The molecule has 46 heavy (non-hydrogen) atoms. The van der Waals surface area contributed by atoms with Crippen molar-refractivity contribution in [2.75, 3.05) is 51.3 Å². The fourth-order valence-corrected chi connectivity index (χ4v) is 6.43. The largest absolute Gasteiger partial charge is 0.477 e. The lowest BCUT2D eigenvalue weighted by Gasteiger charge is -2.39. The van der Waals surface area contributed by atoms with Crippen LogP contribution in [0.5, 0.6) is 5.88 Å². The molecule has 13 heteroatoms. The summed E-state index contributed by atoms with van der Waals surface area (Å²) in [6, 6.07) is 13.7. The molecular formula is C33H40Cl2N6O4S. The molecule has 2 amide bonds. The first-order valence-corrected chi connectivity index (χ1v) is 18.1. The van der Waals surface area contributed by atoms with Crippen LogP contribution in [-0.4, -0.2) is 96.3 Å². The van der Waals surface area contributed by atoms with E-state index in [2.05, 4.69) is 4.90 Å². The number of halogens is 2. The van der Waals surface area contributed by atoms with Gasteiger partial charge in [0.2, 0.25) is 5.88 Å². The molecule has 2 aliphatic heterocycles. The number of nitrogens with zero attached hydrogens (tertiary/aromatic N) is 6. The summed E-state index contributed by atoms with van der Waals surface area (Å²) in [4.78, 5) is 35.0. The van der Waals surface area contributed by atoms with Crippen molar-refractivity contribution in [3.05, 3.63) is 87.3 Å². The van der Waals surface area contributed by atoms with E-state index in [-0.39, 0.29) is 17.2 Å². The Bertz CT molecular complexity index is 1690. The Morgan fingerprint density at radius 3 is 2.09 bits per heavy atom. The Labute approximate surface area is 281 Å². The zero-order valence-electron chi connectivity index (χ0n) is 26.8. The zero-order chi connectivity index (χ0) is 33.2. The average Bonchev–Trinajstić information content (AvgIpc) is 3.40. The van der Waals surface area contributed by atoms with E-state index < -0.39 is 21.9 Å². The van der Waals surface area contributed by atoms with Gasteiger partial charge < -0.3 is 9.64 Å². The van der Waals surface area contributed by atoms with Gasteiger partial charge in [-0.3, -0.25) is 14.8 Å². The number of amidine groups is 1. The molecule has 246 valence electrons. The molecule has 2 aliphatic rings. The highest BCUT2D eigenvalue weighted by Crippen LogP contribution is 2.45. The summed E-state index contributed by atoms with van der Waals surface area (Å²) in [5.41, 5.74) is 1.93. The van der Waals surface area contributed by atoms with Crippen molar-refractivity contribution in [2.24, 2.45) is 4.99 Å². The Hall–Kier alpha value is -3.25. The van der Waals surface area contributed by atoms with E-state index in [0.29, 0.717) is 72.5 Å². The minimum atomic E-state index is -3.09.